The molecule has 0 N–H and O–H groups in total. The lowest BCUT2D eigenvalue weighted by Gasteiger charge is -2.15. The van der Waals surface area contributed by atoms with E-state index in [1.54, 1.807) is 12.1 Å². The van der Waals surface area contributed by atoms with Crippen LogP contribution in [0.3, 0.4) is 0 Å². The first-order valence-electron chi connectivity index (χ1n) is 8.50. The molecule has 0 amide bonds. The van der Waals surface area contributed by atoms with Gasteiger partial charge in [-0.25, -0.2) is 0 Å². The first-order chi connectivity index (χ1) is 12.3. The molecule has 0 heterocycles. The highest BCUT2D eigenvalue weighted by Gasteiger charge is 2.31. The number of rotatable bonds is 8. The van der Waals surface area contributed by atoms with E-state index in [9.17, 15) is 23.1 Å². The lowest BCUT2D eigenvalue weighted by Crippen LogP contribution is -2.23. The molecular weight excluding hydrogens is 345 g/mol. The molecule has 0 saturated heterocycles. The summed E-state index contributed by atoms with van der Waals surface area (Å²) in [6.07, 6.45) is 0.601. The van der Waals surface area contributed by atoms with Crippen LogP contribution in [0.2, 0.25) is 0 Å². The van der Waals surface area contributed by atoms with Gasteiger partial charge in [0.15, 0.2) is 0 Å². The van der Waals surface area contributed by atoms with Gasteiger partial charge in [-0.15, -0.1) is 13.2 Å². The van der Waals surface area contributed by atoms with E-state index in [2.05, 4.69) is 11.7 Å². The molecule has 26 heavy (non-hydrogen) atoms. The molecule has 0 aromatic heterocycles. The van der Waals surface area contributed by atoms with Crippen molar-refractivity contribution < 1.29 is 27.8 Å². The fourth-order valence-electron chi connectivity index (χ4n) is 2.74. The highest BCUT2D eigenvalue weighted by molar-refractivity contribution is 5.95. The molecule has 0 bridgehead atoms. The molecule has 0 aliphatic rings. The highest BCUT2D eigenvalue weighted by Crippen LogP contribution is 2.31. The fraction of sp³-hybridized carbons (Fsp3) is 0.350. The normalized spacial score (nSPS) is 11.4. The maximum Gasteiger partial charge on any atom is 0.573 e. The lowest BCUT2D eigenvalue weighted by atomic mass is 9.97. The molecule has 0 spiro atoms. The van der Waals surface area contributed by atoms with Crippen LogP contribution in [-0.4, -0.2) is 12.3 Å². The zero-order valence-electron chi connectivity index (χ0n) is 14.4. The van der Waals surface area contributed by atoms with Gasteiger partial charge in [0.25, 0.3) is 0 Å². The van der Waals surface area contributed by atoms with Crippen molar-refractivity contribution >= 4 is 5.97 Å². The topological polar surface area (TPSA) is 49.4 Å². The zero-order valence-corrected chi connectivity index (χ0v) is 14.4. The van der Waals surface area contributed by atoms with E-state index in [1.807, 2.05) is 12.1 Å². The van der Waals surface area contributed by atoms with Gasteiger partial charge in [0, 0.05) is 5.56 Å². The molecule has 0 fully saturated rings. The van der Waals surface area contributed by atoms with Crippen LogP contribution in [0.1, 0.15) is 48.5 Å². The highest BCUT2D eigenvalue weighted by atomic mass is 19.4. The number of halogens is 3. The maximum absolute atomic E-state index is 12.4. The first-order valence-corrected chi connectivity index (χ1v) is 8.50. The van der Waals surface area contributed by atoms with Crippen molar-refractivity contribution in [2.75, 3.05) is 0 Å². The molecule has 3 nitrogen and oxygen atoms in total. The van der Waals surface area contributed by atoms with Crippen molar-refractivity contribution in [3.8, 4) is 16.9 Å². The number of carbonyl (C=O) groups is 1. The number of aryl methyl sites for hydroxylation is 1. The Labute approximate surface area is 150 Å². The minimum absolute atomic E-state index is 0.129. The molecule has 0 saturated carbocycles. The Morgan fingerprint density at radius 2 is 1.73 bits per heavy atom. The Morgan fingerprint density at radius 3 is 2.31 bits per heavy atom. The third kappa shape index (κ3) is 5.79. The van der Waals surface area contributed by atoms with E-state index < -0.39 is 18.1 Å². The number of hydrogen-bond donors (Lipinski definition) is 0. The number of carboxylic acid groups (broad SMARTS) is 1. The van der Waals surface area contributed by atoms with Crippen LogP contribution in [0.5, 0.6) is 5.75 Å². The summed E-state index contributed by atoms with van der Waals surface area (Å²) in [5, 5.41) is 11.3. The molecule has 2 aromatic rings. The van der Waals surface area contributed by atoms with Crippen LogP contribution in [0.4, 0.5) is 13.2 Å². The van der Waals surface area contributed by atoms with Crippen LogP contribution in [-0.2, 0) is 6.42 Å². The molecule has 0 unspecified atom stereocenters. The Hall–Kier alpha value is -2.50. The van der Waals surface area contributed by atoms with Crippen molar-refractivity contribution in [2.24, 2.45) is 0 Å². The largest absolute Gasteiger partial charge is 0.573 e. The van der Waals surface area contributed by atoms with Crippen molar-refractivity contribution in [2.45, 2.75) is 45.4 Å². The molecule has 0 atom stereocenters. The van der Waals surface area contributed by atoms with Gasteiger partial charge >= 0.3 is 6.36 Å². The Bertz CT molecular complexity index is 737. The van der Waals surface area contributed by atoms with Gasteiger partial charge in [0.1, 0.15) is 5.75 Å². The quantitative estimate of drug-likeness (QED) is 0.635. The van der Waals surface area contributed by atoms with E-state index in [-0.39, 0.29) is 11.1 Å². The molecular formula is C20H20F3O3-. The van der Waals surface area contributed by atoms with Gasteiger partial charge in [-0.3, -0.25) is 0 Å². The van der Waals surface area contributed by atoms with Crippen molar-refractivity contribution in [3.05, 3.63) is 53.6 Å². The second kappa shape index (κ2) is 8.74. The molecule has 0 aliphatic carbocycles. The summed E-state index contributed by atoms with van der Waals surface area (Å²) < 4.78 is 41.1. The van der Waals surface area contributed by atoms with Crippen molar-refractivity contribution in [1.29, 1.82) is 0 Å². The standard InChI is InChI=1S/C20H21F3O3/c1-2-3-4-5-6-14-7-9-15(10-8-14)18-13-16(26-20(21,22)23)11-12-17(18)19(24)25/h7-13H,2-6H2,1H3,(H,24,25)/p-1. The summed E-state index contributed by atoms with van der Waals surface area (Å²) in [5.41, 5.74) is 1.54. The molecule has 2 rings (SSSR count). The van der Waals surface area contributed by atoms with Crippen molar-refractivity contribution in [3.63, 3.8) is 0 Å². The summed E-state index contributed by atoms with van der Waals surface area (Å²) in [7, 11) is 0. The van der Waals surface area contributed by atoms with Crippen LogP contribution >= 0.6 is 0 Å². The number of ether oxygens (including phenoxy) is 1. The summed E-state index contributed by atoms with van der Waals surface area (Å²) in [5.74, 6) is -1.93. The van der Waals surface area contributed by atoms with Crippen molar-refractivity contribution in [1.82, 2.24) is 0 Å². The fourth-order valence-corrected chi connectivity index (χ4v) is 2.74. The second-order valence-electron chi connectivity index (χ2n) is 6.05. The Kier molecular flexibility index (Phi) is 6.66. The molecule has 0 radical (unpaired) electrons. The maximum atomic E-state index is 12.4. The minimum Gasteiger partial charge on any atom is -0.545 e. The number of carboxylic acids is 1. The molecule has 6 heteroatoms. The van der Waals surface area contributed by atoms with Gasteiger partial charge in [0.2, 0.25) is 0 Å². The second-order valence-corrected chi connectivity index (χ2v) is 6.05. The van der Waals surface area contributed by atoms with Gasteiger partial charge in [-0.05, 0) is 47.7 Å². The number of carbonyl (C=O) groups excluding carboxylic acids is 1. The molecule has 0 aliphatic heterocycles. The molecule has 140 valence electrons. The number of alkyl halides is 3. The Balaban J connectivity index is 2.24. The third-order valence-corrected chi connectivity index (χ3v) is 4.03. The number of unbranched alkanes of at least 4 members (excludes halogenated alkanes) is 3. The van der Waals surface area contributed by atoms with Crippen LogP contribution < -0.4 is 9.84 Å². The van der Waals surface area contributed by atoms with Crippen LogP contribution in [0.25, 0.3) is 11.1 Å². The zero-order chi connectivity index (χ0) is 19.2. The average molecular weight is 365 g/mol. The predicted molar refractivity (Wildman–Crippen MR) is 90.7 cm³/mol. The summed E-state index contributed by atoms with van der Waals surface area (Å²) >= 11 is 0. The monoisotopic (exact) mass is 365 g/mol. The average Bonchev–Trinajstić information content (AvgIpc) is 2.57. The van der Waals surface area contributed by atoms with E-state index in [0.717, 1.165) is 49.4 Å². The number of hydrogen-bond acceptors (Lipinski definition) is 3. The Morgan fingerprint density at radius 1 is 1.04 bits per heavy atom. The van der Waals surface area contributed by atoms with E-state index >= 15 is 0 Å². The van der Waals surface area contributed by atoms with E-state index in [4.69, 9.17) is 0 Å². The third-order valence-electron chi connectivity index (χ3n) is 4.03. The summed E-state index contributed by atoms with van der Waals surface area (Å²) in [6, 6.07) is 10.2. The lowest BCUT2D eigenvalue weighted by molar-refractivity contribution is -0.274. The predicted octanol–water partition coefficient (Wildman–Crippen LogP) is 4.74. The summed E-state index contributed by atoms with van der Waals surface area (Å²) in [4.78, 5) is 11.3. The summed E-state index contributed by atoms with van der Waals surface area (Å²) in [6.45, 7) is 2.14. The van der Waals surface area contributed by atoms with Gasteiger partial charge in [-0.2, -0.15) is 0 Å². The SMILES string of the molecule is CCCCCCc1ccc(-c2cc(OC(F)(F)F)ccc2C(=O)[O-])cc1. The van der Waals surface area contributed by atoms with Gasteiger partial charge in [0.05, 0.1) is 5.97 Å². The minimum atomic E-state index is -4.84. The molecule has 2 aromatic carbocycles. The van der Waals surface area contributed by atoms with E-state index in [0.29, 0.717) is 5.56 Å². The van der Waals surface area contributed by atoms with Gasteiger partial charge < -0.3 is 14.6 Å². The first kappa shape index (κ1) is 19.8. The number of aromatic carboxylic acids is 1. The van der Waals surface area contributed by atoms with Crippen LogP contribution in [0.15, 0.2) is 42.5 Å². The number of benzene rings is 2. The smallest absolute Gasteiger partial charge is 0.545 e. The van der Waals surface area contributed by atoms with Gasteiger partial charge in [-0.1, -0.05) is 50.5 Å². The van der Waals surface area contributed by atoms with E-state index in [1.165, 1.54) is 6.42 Å². The van der Waals surface area contributed by atoms with Crippen LogP contribution in [0, 0.1) is 0 Å².